The number of benzene rings is 1. The van der Waals surface area contributed by atoms with Gasteiger partial charge in [0.15, 0.2) is 0 Å². The van der Waals surface area contributed by atoms with Crippen LogP contribution in [0.3, 0.4) is 0 Å². The Morgan fingerprint density at radius 1 is 1.55 bits per heavy atom. The fraction of sp³-hybridized carbons (Fsp3) is 0.533. The highest BCUT2D eigenvalue weighted by Crippen LogP contribution is 2.21. The van der Waals surface area contributed by atoms with Gasteiger partial charge in [-0.25, -0.2) is 9.18 Å². The lowest BCUT2D eigenvalue weighted by atomic mass is 10.1. The summed E-state index contributed by atoms with van der Waals surface area (Å²) in [6.07, 6.45) is 1.11. The number of aromatic carboxylic acids is 1. The van der Waals surface area contributed by atoms with Crippen molar-refractivity contribution in [2.45, 2.75) is 26.3 Å². The standard InChI is InChI=1S/C15H21FN2O2/c1-10(2)18-6-5-11(9-18)8-17-14-4-3-12(15(19)20)7-13(14)16/h3-4,7,10-11,17H,5-6,8-9H2,1-2H3,(H,19,20). The summed E-state index contributed by atoms with van der Waals surface area (Å²) in [5.74, 6) is -1.11. The Labute approximate surface area is 118 Å². The first-order chi connectivity index (χ1) is 9.47. The molecule has 20 heavy (non-hydrogen) atoms. The Hall–Kier alpha value is -1.62. The average Bonchev–Trinajstić information content (AvgIpc) is 2.86. The van der Waals surface area contributed by atoms with E-state index in [1.807, 2.05) is 0 Å². The number of carboxylic acid groups (broad SMARTS) is 1. The summed E-state index contributed by atoms with van der Waals surface area (Å²) in [6.45, 7) is 7.19. The maximum absolute atomic E-state index is 13.8. The number of nitrogens with zero attached hydrogens (tertiary/aromatic N) is 1. The quantitative estimate of drug-likeness (QED) is 0.870. The van der Waals surface area contributed by atoms with Crippen LogP contribution < -0.4 is 5.32 Å². The van der Waals surface area contributed by atoms with Gasteiger partial charge in [-0.2, -0.15) is 0 Å². The van der Waals surface area contributed by atoms with Crippen LogP contribution >= 0.6 is 0 Å². The van der Waals surface area contributed by atoms with Gasteiger partial charge in [-0.05, 0) is 50.9 Å². The van der Waals surface area contributed by atoms with Crippen molar-refractivity contribution in [3.63, 3.8) is 0 Å². The van der Waals surface area contributed by atoms with Gasteiger partial charge in [0, 0.05) is 19.1 Å². The Morgan fingerprint density at radius 2 is 2.30 bits per heavy atom. The number of carboxylic acids is 1. The number of nitrogens with one attached hydrogen (secondary N) is 1. The van der Waals surface area contributed by atoms with Crippen LogP contribution in [0.5, 0.6) is 0 Å². The fourth-order valence-electron chi connectivity index (χ4n) is 2.54. The van der Waals surface area contributed by atoms with Crippen molar-refractivity contribution in [2.24, 2.45) is 5.92 Å². The number of hydrogen-bond acceptors (Lipinski definition) is 3. The van der Waals surface area contributed by atoms with Crippen LogP contribution in [0.4, 0.5) is 10.1 Å². The highest BCUT2D eigenvalue weighted by Gasteiger charge is 2.24. The molecule has 5 heteroatoms. The van der Waals surface area contributed by atoms with E-state index in [1.165, 1.54) is 12.1 Å². The van der Waals surface area contributed by atoms with E-state index in [1.54, 1.807) is 0 Å². The summed E-state index contributed by atoms with van der Waals surface area (Å²) in [5.41, 5.74) is 0.345. The predicted octanol–water partition coefficient (Wildman–Crippen LogP) is 2.67. The van der Waals surface area contributed by atoms with E-state index >= 15 is 0 Å². The van der Waals surface area contributed by atoms with Gasteiger partial charge in [-0.3, -0.25) is 0 Å². The van der Waals surface area contributed by atoms with Gasteiger partial charge >= 0.3 is 5.97 Å². The Balaban J connectivity index is 1.90. The first-order valence-electron chi connectivity index (χ1n) is 6.98. The van der Waals surface area contributed by atoms with Gasteiger partial charge in [-0.15, -0.1) is 0 Å². The number of halogens is 1. The lowest BCUT2D eigenvalue weighted by Crippen LogP contribution is -2.29. The zero-order valence-corrected chi connectivity index (χ0v) is 11.9. The predicted molar refractivity (Wildman–Crippen MR) is 76.7 cm³/mol. The maximum atomic E-state index is 13.8. The maximum Gasteiger partial charge on any atom is 0.335 e. The molecule has 0 bridgehead atoms. The van der Waals surface area contributed by atoms with E-state index < -0.39 is 11.8 Å². The molecule has 1 atom stereocenters. The molecule has 0 radical (unpaired) electrons. The molecule has 1 unspecified atom stereocenters. The molecular weight excluding hydrogens is 259 g/mol. The van der Waals surface area contributed by atoms with Gasteiger partial charge < -0.3 is 15.3 Å². The second kappa shape index (κ2) is 6.22. The third kappa shape index (κ3) is 3.48. The van der Waals surface area contributed by atoms with Crippen LogP contribution in [0, 0.1) is 11.7 Å². The summed E-state index contributed by atoms with van der Waals surface area (Å²) in [4.78, 5) is 13.2. The molecule has 1 aromatic carbocycles. The van der Waals surface area contributed by atoms with Crippen molar-refractivity contribution in [3.05, 3.63) is 29.6 Å². The molecule has 1 aromatic rings. The molecule has 1 fully saturated rings. The number of carbonyl (C=O) groups is 1. The topological polar surface area (TPSA) is 52.6 Å². The number of hydrogen-bond donors (Lipinski definition) is 2. The normalized spacial score (nSPS) is 19.5. The minimum Gasteiger partial charge on any atom is -0.478 e. The molecule has 1 aliphatic heterocycles. The summed E-state index contributed by atoms with van der Waals surface area (Å²) in [5, 5.41) is 11.9. The number of rotatable bonds is 5. The van der Waals surface area contributed by atoms with Crippen molar-refractivity contribution in [2.75, 3.05) is 25.0 Å². The van der Waals surface area contributed by atoms with Gasteiger partial charge in [-0.1, -0.05) is 0 Å². The van der Waals surface area contributed by atoms with Crippen LogP contribution in [0.25, 0.3) is 0 Å². The molecule has 2 rings (SSSR count). The minimum atomic E-state index is -1.11. The lowest BCUT2D eigenvalue weighted by molar-refractivity contribution is 0.0696. The van der Waals surface area contributed by atoms with Crippen molar-refractivity contribution >= 4 is 11.7 Å². The molecule has 0 aromatic heterocycles. The zero-order valence-electron chi connectivity index (χ0n) is 11.9. The Morgan fingerprint density at radius 3 is 2.85 bits per heavy atom. The summed E-state index contributed by atoms with van der Waals surface area (Å²) in [7, 11) is 0. The lowest BCUT2D eigenvalue weighted by Gasteiger charge is -2.20. The minimum absolute atomic E-state index is 0.0279. The summed E-state index contributed by atoms with van der Waals surface area (Å²) in [6, 6.07) is 4.52. The van der Waals surface area contributed by atoms with E-state index in [0.29, 0.717) is 24.2 Å². The highest BCUT2D eigenvalue weighted by atomic mass is 19.1. The second-order valence-electron chi connectivity index (χ2n) is 5.62. The van der Waals surface area contributed by atoms with Crippen molar-refractivity contribution < 1.29 is 14.3 Å². The van der Waals surface area contributed by atoms with E-state index in [-0.39, 0.29) is 5.56 Å². The van der Waals surface area contributed by atoms with Crippen LogP contribution in [0.1, 0.15) is 30.6 Å². The van der Waals surface area contributed by atoms with Gasteiger partial charge in [0.1, 0.15) is 5.82 Å². The largest absolute Gasteiger partial charge is 0.478 e. The third-order valence-electron chi connectivity index (χ3n) is 3.84. The third-order valence-corrected chi connectivity index (χ3v) is 3.84. The molecule has 0 saturated carbocycles. The summed E-state index contributed by atoms with van der Waals surface area (Å²) >= 11 is 0. The van der Waals surface area contributed by atoms with E-state index in [9.17, 15) is 9.18 Å². The molecule has 0 aliphatic carbocycles. The molecule has 1 heterocycles. The molecule has 0 spiro atoms. The van der Waals surface area contributed by atoms with Gasteiger partial charge in [0.25, 0.3) is 0 Å². The first-order valence-corrected chi connectivity index (χ1v) is 6.98. The van der Waals surface area contributed by atoms with Crippen LogP contribution in [-0.2, 0) is 0 Å². The van der Waals surface area contributed by atoms with E-state index in [2.05, 4.69) is 24.1 Å². The summed E-state index contributed by atoms with van der Waals surface area (Å²) < 4.78 is 13.8. The first kappa shape index (κ1) is 14.8. The monoisotopic (exact) mass is 280 g/mol. The molecular formula is C15H21FN2O2. The van der Waals surface area contributed by atoms with E-state index in [0.717, 1.165) is 25.6 Å². The average molecular weight is 280 g/mol. The molecule has 2 N–H and O–H groups in total. The van der Waals surface area contributed by atoms with E-state index in [4.69, 9.17) is 5.11 Å². The SMILES string of the molecule is CC(C)N1CCC(CNc2ccc(C(=O)O)cc2F)C1. The van der Waals surface area contributed by atoms with Gasteiger partial charge in [0.2, 0.25) is 0 Å². The number of likely N-dealkylation sites (tertiary alicyclic amines) is 1. The smallest absolute Gasteiger partial charge is 0.335 e. The Bertz CT molecular complexity index is 491. The number of anilines is 1. The fourth-order valence-corrected chi connectivity index (χ4v) is 2.54. The zero-order chi connectivity index (χ0) is 14.7. The van der Waals surface area contributed by atoms with Crippen LogP contribution in [0.15, 0.2) is 18.2 Å². The second-order valence-corrected chi connectivity index (χ2v) is 5.62. The Kier molecular flexibility index (Phi) is 4.60. The van der Waals surface area contributed by atoms with Crippen molar-refractivity contribution in [1.29, 1.82) is 0 Å². The van der Waals surface area contributed by atoms with Crippen LogP contribution in [-0.4, -0.2) is 41.7 Å². The molecule has 110 valence electrons. The van der Waals surface area contributed by atoms with Crippen LogP contribution in [0.2, 0.25) is 0 Å². The van der Waals surface area contributed by atoms with Gasteiger partial charge in [0.05, 0.1) is 11.3 Å². The molecule has 0 amide bonds. The molecule has 1 aliphatic rings. The highest BCUT2D eigenvalue weighted by molar-refractivity contribution is 5.88. The molecule has 4 nitrogen and oxygen atoms in total. The van der Waals surface area contributed by atoms with Crippen molar-refractivity contribution in [3.8, 4) is 0 Å². The van der Waals surface area contributed by atoms with Crippen molar-refractivity contribution in [1.82, 2.24) is 4.90 Å². The molecule has 1 saturated heterocycles.